The van der Waals surface area contributed by atoms with Gasteiger partial charge in [0.25, 0.3) is 5.56 Å². The summed E-state index contributed by atoms with van der Waals surface area (Å²) in [5.41, 5.74) is 4.69. The van der Waals surface area contributed by atoms with Gasteiger partial charge in [0, 0.05) is 49.2 Å². The number of benzene rings is 1. The van der Waals surface area contributed by atoms with Crippen LogP contribution in [-0.2, 0) is 13.0 Å². The molecule has 1 aliphatic heterocycles. The lowest BCUT2D eigenvalue weighted by Gasteiger charge is -2.30. The fourth-order valence-electron chi connectivity index (χ4n) is 3.72. The predicted molar refractivity (Wildman–Crippen MR) is 117 cm³/mol. The van der Waals surface area contributed by atoms with E-state index in [1.165, 1.54) is 11.1 Å². The number of pyridine rings is 1. The van der Waals surface area contributed by atoms with Crippen LogP contribution in [0.3, 0.4) is 0 Å². The summed E-state index contributed by atoms with van der Waals surface area (Å²) in [5.74, 6) is 1.18. The molecule has 0 saturated carbocycles. The number of hydrogen-bond acceptors (Lipinski definition) is 6. The third-order valence-corrected chi connectivity index (χ3v) is 5.63. The van der Waals surface area contributed by atoms with E-state index < -0.39 is 6.10 Å². The second-order valence-electron chi connectivity index (χ2n) is 7.85. The topological polar surface area (TPSA) is 94.1 Å². The fraction of sp³-hybridized carbons (Fsp3) is 0.348. The van der Waals surface area contributed by atoms with E-state index in [2.05, 4.69) is 49.4 Å². The molecule has 7 nitrogen and oxygen atoms in total. The van der Waals surface area contributed by atoms with Crippen molar-refractivity contribution in [3.63, 3.8) is 0 Å². The Kier molecular flexibility index (Phi) is 5.92. The zero-order valence-electron chi connectivity index (χ0n) is 17.4. The molecule has 1 unspecified atom stereocenters. The Morgan fingerprint density at radius 3 is 2.73 bits per heavy atom. The summed E-state index contributed by atoms with van der Waals surface area (Å²) < 4.78 is 0. The molecule has 1 atom stereocenters. The molecule has 2 aromatic heterocycles. The Hall–Kier alpha value is -3.03. The van der Waals surface area contributed by atoms with E-state index in [4.69, 9.17) is 0 Å². The molecule has 0 bridgehead atoms. The molecule has 3 heterocycles. The van der Waals surface area contributed by atoms with E-state index in [-0.39, 0.29) is 5.56 Å². The number of aromatic nitrogens is 3. The van der Waals surface area contributed by atoms with Gasteiger partial charge in [0.05, 0.1) is 6.10 Å². The number of H-pyrrole nitrogens is 1. The van der Waals surface area contributed by atoms with E-state index in [1.54, 1.807) is 13.1 Å². The van der Waals surface area contributed by atoms with E-state index in [1.807, 2.05) is 19.1 Å². The van der Waals surface area contributed by atoms with Crippen molar-refractivity contribution < 1.29 is 5.11 Å². The first-order chi connectivity index (χ1) is 14.5. The predicted octanol–water partition coefficient (Wildman–Crippen LogP) is 2.28. The highest BCUT2D eigenvalue weighted by Crippen LogP contribution is 2.19. The minimum Gasteiger partial charge on any atom is -0.390 e. The molecule has 0 radical (unpaired) electrons. The molecule has 0 fully saturated rings. The number of aromatic amines is 1. The van der Waals surface area contributed by atoms with E-state index in [0.29, 0.717) is 36.0 Å². The van der Waals surface area contributed by atoms with E-state index >= 15 is 0 Å². The number of nitrogens with zero attached hydrogens (tertiary/aromatic N) is 3. The zero-order chi connectivity index (χ0) is 21.1. The van der Waals surface area contributed by atoms with Gasteiger partial charge in [-0.05, 0) is 43.5 Å². The maximum absolute atomic E-state index is 11.9. The highest BCUT2D eigenvalue weighted by molar-refractivity contribution is 5.56. The smallest absolute Gasteiger partial charge is 0.254 e. The molecule has 3 aromatic rings. The maximum Gasteiger partial charge on any atom is 0.254 e. The van der Waals surface area contributed by atoms with Gasteiger partial charge in [-0.15, -0.1) is 0 Å². The van der Waals surface area contributed by atoms with Crippen LogP contribution in [0.15, 0.2) is 47.4 Å². The van der Waals surface area contributed by atoms with Crippen molar-refractivity contribution >= 4 is 5.82 Å². The first-order valence-corrected chi connectivity index (χ1v) is 10.2. The lowest BCUT2D eigenvalue weighted by Crippen LogP contribution is -2.39. The molecule has 0 amide bonds. The summed E-state index contributed by atoms with van der Waals surface area (Å²) in [4.78, 5) is 25.8. The molecule has 1 aromatic carbocycles. The van der Waals surface area contributed by atoms with Gasteiger partial charge >= 0.3 is 0 Å². The Bertz CT molecular complexity index is 1080. The summed E-state index contributed by atoms with van der Waals surface area (Å²) in [6.45, 7) is 6.45. The molecule has 0 spiro atoms. The normalized spacial score (nSPS) is 14.9. The number of rotatable bonds is 6. The molecule has 0 aliphatic carbocycles. The number of aliphatic hydroxyl groups is 1. The van der Waals surface area contributed by atoms with Crippen LogP contribution in [0, 0.1) is 13.8 Å². The molecule has 7 heteroatoms. The zero-order valence-corrected chi connectivity index (χ0v) is 17.4. The maximum atomic E-state index is 11.9. The molecular formula is C23H27N5O2. The quantitative estimate of drug-likeness (QED) is 0.583. The number of nitrogens with one attached hydrogen (secondary N) is 2. The molecular weight excluding hydrogens is 378 g/mol. The largest absolute Gasteiger partial charge is 0.390 e. The van der Waals surface area contributed by atoms with Crippen molar-refractivity contribution in [1.82, 2.24) is 19.9 Å². The Labute approximate surface area is 175 Å². The standard InChI is InChI=1S/C23H27N5O2/c1-15-16(2)26-22(27-23(15)30)18-7-8-21(24-11-18)25-12-20(29)14-28-10-9-17-5-3-4-6-19(17)13-28/h3-8,11,20,29H,9-10,12-14H2,1-2H3,(H,24,25)(H,26,27,30). The number of aliphatic hydroxyl groups excluding tert-OH is 1. The van der Waals surface area contributed by atoms with Gasteiger partial charge in [0.15, 0.2) is 0 Å². The van der Waals surface area contributed by atoms with Crippen molar-refractivity contribution in [3.8, 4) is 11.4 Å². The minimum atomic E-state index is -0.491. The minimum absolute atomic E-state index is 0.136. The number of aryl methyl sites for hydroxylation is 1. The fourth-order valence-corrected chi connectivity index (χ4v) is 3.72. The first-order valence-electron chi connectivity index (χ1n) is 10.2. The monoisotopic (exact) mass is 405 g/mol. The molecule has 156 valence electrons. The lowest BCUT2D eigenvalue weighted by atomic mass is 10.00. The summed E-state index contributed by atoms with van der Waals surface area (Å²) in [6.07, 6.45) is 2.20. The second kappa shape index (κ2) is 8.77. The Balaban J connectivity index is 1.32. The van der Waals surface area contributed by atoms with Gasteiger partial charge in [-0.1, -0.05) is 24.3 Å². The van der Waals surface area contributed by atoms with Crippen LogP contribution in [0.2, 0.25) is 0 Å². The summed E-state index contributed by atoms with van der Waals surface area (Å²) in [7, 11) is 0. The number of β-amino-alcohol motifs (C(OH)–C–C–N with tert-alkyl or cyclic N) is 1. The Morgan fingerprint density at radius 1 is 1.20 bits per heavy atom. The lowest BCUT2D eigenvalue weighted by molar-refractivity contribution is 0.114. The molecule has 30 heavy (non-hydrogen) atoms. The molecule has 4 rings (SSSR count). The van der Waals surface area contributed by atoms with Crippen LogP contribution in [-0.4, -0.2) is 50.7 Å². The summed E-state index contributed by atoms with van der Waals surface area (Å²) in [5, 5.41) is 13.6. The Morgan fingerprint density at radius 2 is 2.00 bits per heavy atom. The van der Waals surface area contributed by atoms with Crippen LogP contribution >= 0.6 is 0 Å². The van der Waals surface area contributed by atoms with Gasteiger partial charge in [-0.2, -0.15) is 0 Å². The van der Waals surface area contributed by atoms with Crippen LogP contribution in [0.4, 0.5) is 5.82 Å². The molecule has 3 N–H and O–H groups in total. The number of anilines is 1. The van der Waals surface area contributed by atoms with Crippen molar-refractivity contribution in [2.24, 2.45) is 0 Å². The molecule has 1 aliphatic rings. The van der Waals surface area contributed by atoms with Gasteiger partial charge in [0.1, 0.15) is 11.6 Å². The van der Waals surface area contributed by atoms with Crippen LogP contribution < -0.4 is 10.9 Å². The van der Waals surface area contributed by atoms with Gasteiger partial charge in [-0.25, -0.2) is 9.97 Å². The SMILES string of the molecule is Cc1nc(-c2ccc(NCC(O)CN3CCc4ccccc4C3)nc2)[nH]c(=O)c1C. The second-order valence-corrected chi connectivity index (χ2v) is 7.85. The van der Waals surface area contributed by atoms with Crippen molar-refractivity contribution in [3.05, 3.63) is 75.3 Å². The highest BCUT2D eigenvalue weighted by atomic mass is 16.3. The van der Waals surface area contributed by atoms with Crippen molar-refractivity contribution in [2.45, 2.75) is 32.9 Å². The number of hydrogen-bond donors (Lipinski definition) is 3. The van der Waals surface area contributed by atoms with Crippen molar-refractivity contribution in [1.29, 1.82) is 0 Å². The summed E-state index contributed by atoms with van der Waals surface area (Å²) in [6, 6.07) is 12.2. The van der Waals surface area contributed by atoms with Crippen LogP contribution in [0.5, 0.6) is 0 Å². The van der Waals surface area contributed by atoms with E-state index in [0.717, 1.165) is 25.1 Å². The first kappa shape index (κ1) is 20.3. The van der Waals surface area contributed by atoms with Gasteiger partial charge in [0.2, 0.25) is 0 Å². The van der Waals surface area contributed by atoms with Crippen LogP contribution in [0.1, 0.15) is 22.4 Å². The van der Waals surface area contributed by atoms with Gasteiger partial charge < -0.3 is 15.4 Å². The van der Waals surface area contributed by atoms with E-state index in [9.17, 15) is 9.90 Å². The third-order valence-electron chi connectivity index (χ3n) is 5.63. The molecule has 0 saturated heterocycles. The average Bonchev–Trinajstić information content (AvgIpc) is 2.76. The number of fused-ring (bicyclic) bond motifs is 1. The summed E-state index contributed by atoms with van der Waals surface area (Å²) >= 11 is 0. The average molecular weight is 406 g/mol. The van der Waals surface area contributed by atoms with Crippen molar-refractivity contribution in [2.75, 3.05) is 25.0 Å². The highest BCUT2D eigenvalue weighted by Gasteiger charge is 2.18. The van der Waals surface area contributed by atoms with Gasteiger partial charge in [-0.3, -0.25) is 9.69 Å². The van der Waals surface area contributed by atoms with Crippen LogP contribution in [0.25, 0.3) is 11.4 Å². The third kappa shape index (κ3) is 4.58.